The Morgan fingerprint density at radius 1 is 1.62 bits per heavy atom. The lowest BCUT2D eigenvalue weighted by atomic mass is 10.4. The van der Waals surface area contributed by atoms with E-state index in [9.17, 15) is 0 Å². The molecule has 78 valence electrons. The van der Waals surface area contributed by atoms with Gasteiger partial charge in [0.15, 0.2) is 0 Å². The topological polar surface area (TPSA) is 45.1 Å². The molecule has 1 aromatic rings. The van der Waals surface area contributed by atoms with E-state index in [0.29, 0.717) is 6.54 Å². The first kappa shape index (κ1) is 15.6. The first-order valence-corrected chi connectivity index (χ1v) is 4.44. The minimum Gasteiger partial charge on any atom is -0.392 e. The number of aromatic nitrogens is 1. The first-order chi connectivity index (χ1) is 5.29. The van der Waals surface area contributed by atoms with E-state index in [0.717, 1.165) is 11.6 Å². The van der Waals surface area contributed by atoms with Crippen LogP contribution in [-0.4, -0.2) is 22.7 Å². The van der Waals surface area contributed by atoms with Crippen LogP contribution in [0.3, 0.4) is 0 Å². The molecule has 6 heteroatoms. The highest BCUT2D eigenvalue weighted by Gasteiger charge is 1.96. The van der Waals surface area contributed by atoms with Crippen molar-refractivity contribution in [1.29, 1.82) is 0 Å². The van der Waals surface area contributed by atoms with Gasteiger partial charge in [-0.25, -0.2) is 4.98 Å². The van der Waals surface area contributed by atoms with Crippen molar-refractivity contribution < 1.29 is 5.11 Å². The van der Waals surface area contributed by atoms with Crippen LogP contribution in [-0.2, 0) is 6.54 Å². The van der Waals surface area contributed by atoms with Gasteiger partial charge in [0.25, 0.3) is 0 Å². The molecule has 1 heterocycles. The molecule has 0 radical (unpaired) electrons. The highest BCUT2D eigenvalue weighted by molar-refractivity contribution is 7.09. The fraction of sp³-hybridized carbons (Fsp3) is 0.571. The average Bonchev–Trinajstić information content (AvgIpc) is 2.39. The molecule has 1 atom stereocenters. The largest absolute Gasteiger partial charge is 0.392 e. The van der Waals surface area contributed by atoms with Gasteiger partial charge in [-0.05, 0) is 6.92 Å². The molecule has 1 rings (SSSR count). The summed E-state index contributed by atoms with van der Waals surface area (Å²) in [7, 11) is 0. The summed E-state index contributed by atoms with van der Waals surface area (Å²) in [6.07, 6.45) is 1.50. The van der Waals surface area contributed by atoms with E-state index in [-0.39, 0.29) is 30.9 Å². The van der Waals surface area contributed by atoms with Gasteiger partial charge in [-0.1, -0.05) is 0 Å². The van der Waals surface area contributed by atoms with Gasteiger partial charge in [-0.2, -0.15) is 0 Å². The molecule has 0 fully saturated rings. The van der Waals surface area contributed by atoms with Gasteiger partial charge in [0.2, 0.25) is 0 Å². The second-order valence-corrected chi connectivity index (χ2v) is 3.38. The summed E-state index contributed by atoms with van der Waals surface area (Å²) in [5.74, 6) is 0. The molecule has 0 aliphatic carbocycles. The molecule has 2 N–H and O–H groups in total. The molecule has 13 heavy (non-hydrogen) atoms. The zero-order valence-electron chi connectivity index (χ0n) is 7.27. The molecule has 0 aliphatic heterocycles. The Hall–Kier alpha value is 0.130. The fourth-order valence-electron chi connectivity index (χ4n) is 0.728. The van der Waals surface area contributed by atoms with Gasteiger partial charge in [-0.3, -0.25) is 0 Å². The van der Waals surface area contributed by atoms with Crippen molar-refractivity contribution in [3.8, 4) is 0 Å². The van der Waals surface area contributed by atoms with Gasteiger partial charge in [-0.15, -0.1) is 36.2 Å². The van der Waals surface area contributed by atoms with Gasteiger partial charge < -0.3 is 10.4 Å². The van der Waals surface area contributed by atoms with Crippen molar-refractivity contribution in [3.63, 3.8) is 0 Å². The van der Waals surface area contributed by atoms with Crippen LogP contribution >= 0.6 is 36.2 Å². The van der Waals surface area contributed by atoms with E-state index < -0.39 is 0 Å². The highest BCUT2D eigenvalue weighted by atomic mass is 35.5. The van der Waals surface area contributed by atoms with Crippen LogP contribution in [0.5, 0.6) is 0 Å². The normalized spacial score (nSPS) is 11.2. The minimum atomic E-state index is -0.282. The summed E-state index contributed by atoms with van der Waals surface area (Å²) in [6, 6.07) is 0. The Morgan fingerprint density at radius 3 is 2.77 bits per heavy atom. The van der Waals surface area contributed by atoms with E-state index in [4.69, 9.17) is 5.11 Å². The molecular weight excluding hydrogens is 231 g/mol. The Labute approximate surface area is 94.4 Å². The Bertz CT molecular complexity index is 194. The second kappa shape index (κ2) is 8.72. The van der Waals surface area contributed by atoms with E-state index in [1.54, 1.807) is 24.5 Å². The molecule has 0 aromatic carbocycles. The second-order valence-electron chi connectivity index (χ2n) is 2.41. The van der Waals surface area contributed by atoms with E-state index in [2.05, 4.69) is 10.3 Å². The molecule has 0 saturated carbocycles. The van der Waals surface area contributed by atoms with E-state index in [1.807, 2.05) is 5.38 Å². The van der Waals surface area contributed by atoms with Crippen LogP contribution in [0.25, 0.3) is 0 Å². The van der Waals surface area contributed by atoms with Crippen molar-refractivity contribution in [2.75, 3.05) is 6.54 Å². The van der Waals surface area contributed by atoms with Crippen molar-refractivity contribution in [1.82, 2.24) is 10.3 Å². The van der Waals surface area contributed by atoms with Gasteiger partial charge in [0, 0.05) is 24.7 Å². The van der Waals surface area contributed by atoms with Crippen molar-refractivity contribution in [2.45, 2.75) is 19.6 Å². The molecule has 0 amide bonds. The monoisotopic (exact) mass is 244 g/mol. The smallest absolute Gasteiger partial charge is 0.106 e. The molecule has 0 bridgehead atoms. The van der Waals surface area contributed by atoms with Gasteiger partial charge >= 0.3 is 0 Å². The predicted octanol–water partition coefficient (Wildman–Crippen LogP) is 1.46. The number of hydrogen-bond acceptors (Lipinski definition) is 4. The Kier molecular flexibility index (Phi) is 10.5. The maximum Gasteiger partial charge on any atom is 0.106 e. The molecule has 3 nitrogen and oxygen atoms in total. The standard InChI is InChI=1S/C7H12N2OS.2ClH/c1-6(10)4-8-5-7-9-2-3-11-7;;/h2-3,6,8,10H,4-5H2,1H3;2*1H. The van der Waals surface area contributed by atoms with E-state index in [1.165, 1.54) is 0 Å². The quantitative estimate of drug-likeness (QED) is 0.844. The highest BCUT2D eigenvalue weighted by Crippen LogP contribution is 2.02. The lowest BCUT2D eigenvalue weighted by Gasteiger charge is -2.03. The molecule has 0 aliphatic rings. The average molecular weight is 245 g/mol. The van der Waals surface area contributed by atoms with Crippen molar-refractivity contribution in [3.05, 3.63) is 16.6 Å². The third kappa shape index (κ3) is 7.22. The van der Waals surface area contributed by atoms with Crippen LogP contribution in [0, 0.1) is 0 Å². The number of aliphatic hydroxyl groups excluding tert-OH is 1. The lowest BCUT2D eigenvalue weighted by molar-refractivity contribution is 0.191. The SMILES string of the molecule is CC(O)CNCc1nccs1.Cl.Cl. The summed E-state index contributed by atoms with van der Waals surface area (Å²) in [6.45, 7) is 3.14. The number of nitrogens with one attached hydrogen (secondary N) is 1. The summed E-state index contributed by atoms with van der Waals surface area (Å²) >= 11 is 1.62. The first-order valence-electron chi connectivity index (χ1n) is 3.56. The summed E-state index contributed by atoms with van der Waals surface area (Å²) < 4.78 is 0. The number of rotatable bonds is 4. The maximum atomic E-state index is 8.90. The number of aliphatic hydroxyl groups is 1. The Balaban J connectivity index is 0. The van der Waals surface area contributed by atoms with Crippen LogP contribution in [0.1, 0.15) is 11.9 Å². The maximum absolute atomic E-state index is 8.90. The van der Waals surface area contributed by atoms with Crippen LogP contribution in [0.4, 0.5) is 0 Å². The van der Waals surface area contributed by atoms with E-state index >= 15 is 0 Å². The van der Waals surface area contributed by atoms with Crippen LogP contribution in [0.2, 0.25) is 0 Å². The molecule has 1 aromatic heterocycles. The molecule has 0 spiro atoms. The lowest BCUT2D eigenvalue weighted by Crippen LogP contribution is -2.23. The third-order valence-electron chi connectivity index (χ3n) is 1.20. The third-order valence-corrected chi connectivity index (χ3v) is 1.98. The summed E-state index contributed by atoms with van der Waals surface area (Å²) in [4.78, 5) is 4.09. The molecular formula is C7H14Cl2N2OS. The molecule has 1 unspecified atom stereocenters. The zero-order chi connectivity index (χ0) is 8.10. The molecule has 0 saturated heterocycles. The number of nitrogens with zero attached hydrogens (tertiary/aromatic N) is 1. The van der Waals surface area contributed by atoms with Crippen LogP contribution < -0.4 is 5.32 Å². The number of hydrogen-bond donors (Lipinski definition) is 2. The van der Waals surface area contributed by atoms with Crippen LogP contribution in [0.15, 0.2) is 11.6 Å². The number of thiazole rings is 1. The summed E-state index contributed by atoms with van der Waals surface area (Å²) in [5.41, 5.74) is 0. The number of halogens is 2. The predicted molar refractivity (Wildman–Crippen MR) is 60.0 cm³/mol. The summed E-state index contributed by atoms with van der Waals surface area (Å²) in [5, 5.41) is 15.0. The fourth-order valence-corrected chi connectivity index (χ4v) is 1.31. The Morgan fingerprint density at radius 2 is 2.31 bits per heavy atom. The van der Waals surface area contributed by atoms with Gasteiger partial charge in [0.1, 0.15) is 5.01 Å². The minimum absolute atomic E-state index is 0. The zero-order valence-corrected chi connectivity index (χ0v) is 9.71. The van der Waals surface area contributed by atoms with Crippen molar-refractivity contribution >= 4 is 36.2 Å². The van der Waals surface area contributed by atoms with Gasteiger partial charge in [0.05, 0.1) is 6.10 Å². The van der Waals surface area contributed by atoms with Crippen molar-refractivity contribution in [2.24, 2.45) is 0 Å².